The van der Waals surface area contributed by atoms with Crippen molar-refractivity contribution in [2.45, 2.75) is 119 Å². The molecule has 422 valence electrons. The molecule has 0 radical (unpaired) electrons. The van der Waals surface area contributed by atoms with Crippen molar-refractivity contribution in [2.75, 3.05) is 39.6 Å². The summed E-state index contributed by atoms with van der Waals surface area (Å²) in [5.74, 6) is 2.36. The molecule has 0 spiro atoms. The summed E-state index contributed by atoms with van der Waals surface area (Å²) in [6.45, 7) is 11.4. The van der Waals surface area contributed by atoms with E-state index < -0.39 is 28.1 Å². The number of rotatable bonds is 24. The summed E-state index contributed by atoms with van der Waals surface area (Å²) in [6, 6.07) is 75.6. The van der Waals surface area contributed by atoms with Crippen LogP contribution in [0.25, 0.3) is 22.3 Å². The first-order valence-electron chi connectivity index (χ1n) is 30.2. The monoisotopic (exact) mass is 1090 g/mol. The Bertz CT molecular complexity index is 3300. The van der Waals surface area contributed by atoms with E-state index in [0.29, 0.717) is 30.8 Å². The Hall–Kier alpha value is -6.84. The summed E-state index contributed by atoms with van der Waals surface area (Å²) in [5, 5.41) is 11.5. The molecule has 12 rings (SSSR count). The molecular formula is C75H80O7. The van der Waals surface area contributed by atoms with Gasteiger partial charge in [-0.15, -0.1) is 0 Å². The van der Waals surface area contributed by atoms with Crippen molar-refractivity contribution in [1.82, 2.24) is 0 Å². The maximum Gasteiger partial charge on any atom is 0.119 e. The molecule has 2 aliphatic carbocycles. The van der Waals surface area contributed by atoms with Crippen molar-refractivity contribution in [1.29, 1.82) is 0 Å². The molecule has 8 aromatic carbocycles. The summed E-state index contributed by atoms with van der Waals surface area (Å²) in [4.78, 5) is 0. The van der Waals surface area contributed by atoms with Crippen LogP contribution in [0.5, 0.6) is 11.5 Å². The van der Waals surface area contributed by atoms with Crippen molar-refractivity contribution in [2.24, 2.45) is 11.8 Å². The number of ether oxygens (including phenoxy) is 6. The fourth-order valence-electron chi connectivity index (χ4n) is 13.7. The van der Waals surface area contributed by atoms with Crippen LogP contribution in [0.4, 0.5) is 0 Å². The van der Waals surface area contributed by atoms with Crippen molar-refractivity contribution >= 4 is 0 Å². The van der Waals surface area contributed by atoms with E-state index in [4.69, 9.17) is 28.4 Å². The fraction of sp³-hybridized carbons (Fsp3) is 0.360. The molecule has 5 unspecified atom stereocenters. The highest BCUT2D eigenvalue weighted by atomic mass is 16.6. The third-order valence-electron chi connectivity index (χ3n) is 18.5. The van der Waals surface area contributed by atoms with Crippen LogP contribution in [0.2, 0.25) is 0 Å². The summed E-state index contributed by atoms with van der Waals surface area (Å²) < 4.78 is 36.5. The molecule has 2 saturated carbocycles. The third kappa shape index (κ3) is 11.9. The lowest BCUT2D eigenvalue weighted by atomic mass is 9.61. The average molecular weight is 1090 g/mol. The quantitative estimate of drug-likeness (QED) is 0.0477. The van der Waals surface area contributed by atoms with Gasteiger partial charge in [0.15, 0.2) is 0 Å². The molecule has 2 saturated heterocycles. The van der Waals surface area contributed by atoms with Crippen LogP contribution in [0.1, 0.15) is 124 Å². The van der Waals surface area contributed by atoms with E-state index in [-0.39, 0.29) is 25.4 Å². The molecule has 2 heterocycles. The zero-order valence-corrected chi connectivity index (χ0v) is 48.3. The van der Waals surface area contributed by atoms with E-state index in [9.17, 15) is 5.11 Å². The Labute approximate surface area is 486 Å². The van der Waals surface area contributed by atoms with Gasteiger partial charge in [0.2, 0.25) is 0 Å². The Balaban J connectivity index is 0.770. The van der Waals surface area contributed by atoms with Gasteiger partial charge in [-0.05, 0) is 156 Å². The maximum atomic E-state index is 11.5. The van der Waals surface area contributed by atoms with Gasteiger partial charge in [0.1, 0.15) is 43.0 Å². The van der Waals surface area contributed by atoms with Gasteiger partial charge in [0.05, 0.1) is 37.6 Å². The van der Waals surface area contributed by atoms with Crippen LogP contribution in [0.15, 0.2) is 206 Å². The summed E-state index contributed by atoms with van der Waals surface area (Å²) in [5.41, 5.74) is 12.7. The van der Waals surface area contributed by atoms with Gasteiger partial charge in [0, 0.05) is 10.8 Å². The summed E-state index contributed by atoms with van der Waals surface area (Å²) in [6.07, 6.45) is 8.93. The fourth-order valence-corrected chi connectivity index (χ4v) is 13.7. The second kappa shape index (κ2) is 24.2. The molecule has 1 N–H and O–H groups in total. The summed E-state index contributed by atoms with van der Waals surface area (Å²) >= 11 is 0. The van der Waals surface area contributed by atoms with E-state index >= 15 is 0 Å². The predicted octanol–water partition coefficient (Wildman–Crippen LogP) is 16.2. The molecule has 0 amide bonds. The highest BCUT2D eigenvalue weighted by Crippen LogP contribution is 2.54. The van der Waals surface area contributed by atoms with Gasteiger partial charge in [-0.2, -0.15) is 0 Å². The second-order valence-corrected chi connectivity index (χ2v) is 24.5. The van der Waals surface area contributed by atoms with Crippen LogP contribution in [-0.4, -0.2) is 63.1 Å². The van der Waals surface area contributed by atoms with Crippen LogP contribution in [0, 0.1) is 11.8 Å². The largest absolute Gasteiger partial charge is 0.491 e. The topological polar surface area (TPSA) is 82.2 Å². The maximum absolute atomic E-state index is 11.5. The molecule has 5 atom stereocenters. The molecule has 8 aromatic rings. The minimum atomic E-state index is -0.847. The predicted molar refractivity (Wildman–Crippen MR) is 328 cm³/mol. The Kier molecular flexibility index (Phi) is 16.4. The van der Waals surface area contributed by atoms with Gasteiger partial charge in [-0.25, -0.2) is 0 Å². The van der Waals surface area contributed by atoms with Gasteiger partial charge in [-0.1, -0.05) is 208 Å². The molecule has 7 nitrogen and oxygen atoms in total. The lowest BCUT2D eigenvalue weighted by Gasteiger charge is -2.42. The molecule has 0 bridgehead atoms. The van der Waals surface area contributed by atoms with Gasteiger partial charge < -0.3 is 33.5 Å². The smallest absolute Gasteiger partial charge is 0.119 e. The number of benzene rings is 8. The normalized spacial score (nSPS) is 19.3. The van der Waals surface area contributed by atoms with Crippen molar-refractivity contribution < 1.29 is 33.5 Å². The Morgan fingerprint density at radius 1 is 0.378 bits per heavy atom. The van der Waals surface area contributed by atoms with Crippen molar-refractivity contribution in [3.63, 3.8) is 0 Å². The van der Waals surface area contributed by atoms with E-state index in [0.717, 1.165) is 55.8 Å². The van der Waals surface area contributed by atoms with Crippen LogP contribution in [0.3, 0.4) is 0 Å². The number of epoxide rings is 2. The van der Waals surface area contributed by atoms with Crippen molar-refractivity contribution in [3.05, 3.63) is 251 Å². The third-order valence-corrected chi connectivity index (χ3v) is 18.5. The first-order valence-corrected chi connectivity index (χ1v) is 30.2. The second-order valence-electron chi connectivity index (χ2n) is 24.5. The molecule has 7 heteroatoms. The summed E-state index contributed by atoms with van der Waals surface area (Å²) in [7, 11) is 0. The van der Waals surface area contributed by atoms with E-state index in [1.165, 1.54) is 81.3 Å². The van der Waals surface area contributed by atoms with Crippen molar-refractivity contribution in [3.8, 4) is 33.8 Å². The number of hydrogen-bond donors (Lipinski definition) is 1. The first kappa shape index (κ1) is 55.7. The zero-order valence-electron chi connectivity index (χ0n) is 48.3. The molecule has 4 aliphatic rings. The minimum absolute atomic E-state index is 0.0976. The minimum Gasteiger partial charge on any atom is -0.491 e. The average Bonchev–Trinajstić information content (AvgIpc) is 3.96. The lowest BCUT2D eigenvalue weighted by molar-refractivity contribution is -0.0717. The zero-order chi connectivity index (χ0) is 56.2. The Morgan fingerprint density at radius 2 is 0.695 bits per heavy atom. The van der Waals surface area contributed by atoms with E-state index in [2.05, 4.69) is 234 Å². The number of aliphatic hydroxyl groups is 1. The highest BCUT2D eigenvalue weighted by molar-refractivity contribution is 5.67. The van der Waals surface area contributed by atoms with E-state index in [1.54, 1.807) is 0 Å². The molecule has 0 aromatic heterocycles. The molecule has 2 aliphatic heterocycles. The van der Waals surface area contributed by atoms with Crippen LogP contribution >= 0.6 is 0 Å². The Morgan fingerprint density at radius 3 is 1.09 bits per heavy atom. The SMILES string of the molecule is CC(C)(OCC(O)COc1ccc(C(c2ccc(-c3ccccc3)cc2)(c2ccc(C(C)(C)OCC3CO3)cc2)C2CCCC2)cc1)c1ccc(C(c2ccc(OCC3CO3)cc2)(c2ccc(-c3ccccc3)cc2)C2CCCC2)cc1. The molecule has 4 fully saturated rings. The van der Waals surface area contributed by atoms with Gasteiger partial charge >= 0.3 is 0 Å². The van der Waals surface area contributed by atoms with Crippen LogP contribution in [-0.2, 0) is 41.0 Å². The molecule has 82 heavy (non-hydrogen) atoms. The van der Waals surface area contributed by atoms with Gasteiger partial charge in [-0.3, -0.25) is 0 Å². The van der Waals surface area contributed by atoms with Gasteiger partial charge in [0.25, 0.3) is 0 Å². The van der Waals surface area contributed by atoms with Crippen LogP contribution < -0.4 is 9.47 Å². The number of hydrogen-bond acceptors (Lipinski definition) is 7. The highest BCUT2D eigenvalue weighted by Gasteiger charge is 2.47. The number of aliphatic hydroxyl groups excluding tert-OH is 1. The standard InChI is InChI=1S/C75H80O7/c1-72(2,57-31-35-63(36-32-57)75(60-21-13-14-22-60,66-41-45-69(46-42-66)78-49-70-50-79-70)62-29-25-56(26-30-62)54-17-9-6-10-18-54)81-48-67(76)47-77-68-43-39-65(40-44-68)74(59-19-11-12-20-59,61-27-23-55(24-28-61)53-15-7-5-8-16-53)64-37-33-58(34-38-64)73(3,4)82-52-71-51-80-71/h5-10,15-18,23-46,59-60,67,70-71,76H,11-14,19-22,47-52H2,1-4H3. The first-order chi connectivity index (χ1) is 40.0. The molecular weight excluding hydrogens is 1010 g/mol. The lowest BCUT2D eigenvalue weighted by Crippen LogP contribution is -2.37. The van der Waals surface area contributed by atoms with E-state index in [1.807, 2.05) is 0 Å².